The lowest BCUT2D eigenvalue weighted by Crippen LogP contribution is -2.55. The Morgan fingerprint density at radius 2 is 1.84 bits per heavy atom. The summed E-state index contributed by atoms with van der Waals surface area (Å²) in [6.07, 6.45) is -0.882. The van der Waals surface area contributed by atoms with Gasteiger partial charge in [-0.2, -0.15) is 0 Å². The molecule has 0 aromatic heterocycles. The number of carboxylic acid groups (broad SMARTS) is 1. The number of amides is 1. The molecule has 1 heterocycles. The number of benzene rings is 2. The second-order valence-electron chi connectivity index (χ2n) is 10.9. The fourth-order valence-electron chi connectivity index (χ4n) is 4.53. The molecule has 0 saturated carbocycles. The van der Waals surface area contributed by atoms with Gasteiger partial charge in [0.2, 0.25) is 0 Å². The Labute approximate surface area is 224 Å². The van der Waals surface area contributed by atoms with Gasteiger partial charge in [0.1, 0.15) is 23.3 Å². The SMILES string of the molecule is COCc1cc(C(=O)O)c(C)cc1O[C@H](CN1CCN(C(=O)OC(C)(C)C)[C@H](C)C1)c1ccc(C)c(F)c1. The van der Waals surface area contributed by atoms with Crippen molar-refractivity contribution in [2.24, 2.45) is 0 Å². The predicted octanol–water partition coefficient (Wildman–Crippen LogP) is 5.35. The first kappa shape index (κ1) is 29.4. The summed E-state index contributed by atoms with van der Waals surface area (Å²) in [5.74, 6) is -0.866. The van der Waals surface area contributed by atoms with Crippen molar-refractivity contribution in [3.05, 3.63) is 64.0 Å². The minimum absolute atomic E-state index is 0.0878. The number of aryl methyl sites for hydroxylation is 2. The minimum Gasteiger partial charge on any atom is -0.484 e. The number of ether oxygens (including phenoxy) is 3. The molecule has 0 spiro atoms. The normalized spacial score (nSPS) is 17.3. The highest BCUT2D eigenvalue weighted by Gasteiger charge is 2.32. The number of hydrogen-bond donors (Lipinski definition) is 1. The first-order chi connectivity index (χ1) is 17.8. The van der Waals surface area contributed by atoms with Crippen LogP contribution >= 0.6 is 0 Å². The number of hydrogen-bond acceptors (Lipinski definition) is 6. The van der Waals surface area contributed by atoms with Crippen LogP contribution in [0.25, 0.3) is 0 Å². The number of methoxy groups -OCH3 is 1. The van der Waals surface area contributed by atoms with Crippen LogP contribution in [0.15, 0.2) is 30.3 Å². The lowest BCUT2D eigenvalue weighted by molar-refractivity contribution is -0.00308. The third kappa shape index (κ3) is 7.45. The van der Waals surface area contributed by atoms with Crippen molar-refractivity contribution in [3.8, 4) is 5.75 Å². The van der Waals surface area contributed by atoms with Crippen LogP contribution in [0.5, 0.6) is 5.75 Å². The number of carbonyl (C=O) groups is 2. The molecule has 1 saturated heterocycles. The van der Waals surface area contributed by atoms with Crippen molar-refractivity contribution in [2.45, 2.75) is 65.9 Å². The van der Waals surface area contributed by atoms with E-state index in [0.29, 0.717) is 54.2 Å². The molecule has 1 fully saturated rings. The second kappa shape index (κ2) is 12.1. The number of rotatable bonds is 8. The third-order valence-corrected chi connectivity index (χ3v) is 6.54. The quantitative estimate of drug-likeness (QED) is 0.492. The van der Waals surface area contributed by atoms with Gasteiger partial charge in [-0.1, -0.05) is 12.1 Å². The van der Waals surface area contributed by atoms with Crippen molar-refractivity contribution >= 4 is 12.1 Å². The highest BCUT2D eigenvalue weighted by Crippen LogP contribution is 2.31. The molecule has 8 nitrogen and oxygen atoms in total. The Balaban J connectivity index is 1.87. The average Bonchev–Trinajstić information content (AvgIpc) is 2.80. The number of piperazine rings is 1. The summed E-state index contributed by atoms with van der Waals surface area (Å²) >= 11 is 0. The van der Waals surface area contributed by atoms with Crippen molar-refractivity contribution in [2.75, 3.05) is 33.3 Å². The van der Waals surface area contributed by atoms with Gasteiger partial charge in [0.15, 0.2) is 0 Å². The first-order valence-corrected chi connectivity index (χ1v) is 12.8. The van der Waals surface area contributed by atoms with E-state index in [2.05, 4.69) is 4.90 Å². The van der Waals surface area contributed by atoms with E-state index in [9.17, 15) is 19.1 Å². The van der Waals surface area contributed by atoms with E-state index >= 15 is 0 Å². The molecule has 1 amide bonds. The monoisotopic (exact) mass is 530 g/mol. The van der Waals surface area contributed by atoms with Gasteiger partial charge in [0, 0.05) is 44.9 Å². The van der Waals surface area contributed by atoms with Gasteiger partial charge in [-0.05, 0) is 76.4 Å². The summed E-state index contributed by atoms with van der Waals surface area (Å²) in [4.78, 5) is 28.2. The zero-order valence-corrected chi connectivity index (χ0v) is 23.3. The fraction of sp³-hybridized carbons (Fsp3) is 0.517. The maximum Gasteiger partial charge on any atom is 0.410 e. The zero-order chi connectivity index (χ0) is 28.2. The van der Waals surface area contributed by atoms with E-state index in [-0.39, 0.29) is 30.1 Å². The van der Waals surface area contributed by atoms with E-state index < -0.39 is 17.7 Å². The third-order valence-electron chi connectivity index (χ3n) is 6.54. The maximum atomic E-state index is 14.6. The van der Waals surface area contributed by atoms with Crippen LogP contribution < -0.4 is 4.74 Å². The number of carbonyl (C=O) groups excluding carboxylic acids is 1. The smallest absolute Gasteiger partial charge is 0.410 e. The number of halogens is 1. The molecule has 2 atom stereocenters. The first-order valence-electron chi connectivity index (χ1n) is 12.8. The van der Waals surface area contributed by atoms with Crippen LogP contribution in [0.3, 0.4) is 0 Å². The van der Waals surface area contributed by atoms with Gasteiger partial charge in [0.05, 0.1) is 12.2 Å². The second-order valence-corrected chi connectivity index (χ2v) is 10.9. The summed E-state index contributed by atoms with van der Waals surface area (Å²) in [5.41, 5.74) is 1.95. The Hall–Kier alpha value is -3.17. The van der Waals surface area contributed by atoms with E-state index in [4.69, 9.17) is 14.2 Å². The molecule has 0 unspecified atom stereocenters. The topological polar surface area (TPSA) is 88.5 Å². The van der Waals surface area contributed by atoms with Gasteiger partial charge in [-0.25, -0.2) is 14.0 Å². The maximum absolute atomic E-state index is 14.6. The van der Waals surface area contributed by atoms with Crippen LogP contribution in [-0.4, -0.2) is 71.9 Å². The Morgan fingerprint density at radius 1 is 1.13 bits per heavy atom. The molecule has 1 aliphatic rings. The Morgan fingerprint density at radius 3 is 2.42 bits per heavy atom. The summed E-state index contributed by atoms with van der Waals surface area (Å²) in [6, 6.07) is 8.21. The summed E-state index contributed by atoms with van der Waals surface area (Å²) < 4.78 is 31.9. The molecule has 1 N–H and O–H groups in total. The van der Waals surface area contributed by atoms with Crippen molar-refractivity contribution in [1.82, 2.24) is 9.80 Å². The largest absolute Gasteiger partial charge is 0.484 e. The number of carboxylic acids is 1. The molecule has 1 aliphatic heterocycles. The Bertz CT molecular complexity index is 1160. The van der Waals surface area contributed by atoms with Gasteiger partial charge in [-0.3, -0.25) is 4.90 Å². The predicted molar refractivity (Wildman–Crippen MR) is 142 cm³/mol. The van der Waals surface area contributed by atoms with Crippen molar-refractivity contribution in [3.63, 3.8) is 0 Å². The molecule has 0 bridgehead atoms. The fourth-order valence-corrected chi connectivity index (χ4v) is 4.53. The molecule has 3 rings (SSSR count). The van der Waals surface area contributed by atoms with Gasteiger partial charge < -0.3 is 24.2 Å². The molecule has 2 aromatic carbocycles. The van der Waals surface area contributed by atoms with Crippen molar-refractivity contribution in [1.29, 1.82) is 0 Å². The summed E-state index contributed by atoms with van der Waals surface area (Å²) in [7, 11) is 1.53. The van der Waals surface area contributed by atoms with E-state index in [1.807, 2.05) is 33.8 Å². The van der Waals surface area contributed by atoms with Crippen LogP contribution in [-0.2, 0) is 16.1 Å². The van der Waals surface area contributed by atoms with E-state index in [0.717, 1.165) is 0 Å². The summed E-state index contributed by atoms with van der Waals surface area (Å²) in [5, 5.41) is 9.56. The van der Waals surface area contributed by atoms with Gasteiger partial charge in [-0.15, -0.1) is 0 Å². The standard InChI is InChI=1S/C29H39FN2O6/c1-18-8-9-21(14-24(18)30)26(37-25-12-19(2)23(27(33)34)13-22(25)17-36-7)16-31-10-11-32(20(3)15-31)28(35)38-29(4,5)6/h8-9,12-14,20,26H,10-11,15-17H2,1-7H3,(H,33,34)/t20-,26-/m1/s1. The lowest BCUT2D eigenvalue weighted by atomic mass is 10.0. The highest BCUT2D eigenvalue weighted by atomic mass is 19.1. The Kier molecular flexibility index (Phi) is 9.38. The molecule has 0 radical (unpaired) electrons. The van der Waals surface area contributed by atoms with Crippen molar-refractivity contribution < 1.29 is 33.3 Å². The van der Waals surface area contributed by atoms with E-state index in [1.165, 1.54) is 13.2 Å². The molecule has 208 valence electrons. The number of nitrogens with zero attached hydrogens (tertiary/aromatic N) is 2. The summed E-state index contributed by atoms with van der Waals surface area (Å²) in [6.45, 7) is 13.2. The average molecular weight is 531 g/mol. The molecule has 0 aliphatic carbocycles. The minimum atomic E-state index is -1.03. The lowest BCUT2D eigenvalue weighted by Gasteiger charge is -2.41. The molecule has 38 heavy (non-hydrogen) atoms. The van der Waals surface area contributed by atoms with Gasteiger partial charge in [0.25, 0.3) is 0 Å². The number of aromatic carboxylic acids is 1. The molecular weight excluding hydrogens is 491 g/mol. The van der Waals surface area contributed by atoms with Crippen LogP contribution in [0, 0.1) is 19.7 Å². The van der Waals surface area contributed by atoms with Crippen LogP contribution in [0.4, 0.5) is 9.18 Å². The van der Waals surface area contributed by atoms with Gasteiger partial charge >= 0.3 is 12.1 Å². The van der Waals surface area contributed by atoms with E-state index in [1.54, 1.807) is 36.9 Å². The molecule has 2 aromatic rings. The molecule has 9 heteroatoms. The highest BCUT2D eigenvalue weighted by molar-refractivity contribution is 5.90. The van der Waals surface area contributed by atoms with Crippen LogP contribution in [0.1, 0.15) is 66.4 Å². The molecular formula is C29H39FN2O6. The zero-order valence-electron chi connectivity index (χ0n) is 23.3. The van der Waals surface area contributed by atoms with Crippen LogP contribution in [0.2, 0.25) is 0 Å².